The van der Waals surface area contributed by atoms with Gasteiger partial charge in [-0.2, -0.15) is 5.10 Å². The normalized spacial score (nSPS) is 25.0. The summed E-state index contributed by atoms with van der Waals surface area (Å²) in [4.78, 5) is 0. The fraction of sp³-hybridized carbons (Fsp3) is 0.786. The Kier molecular flexibility index (Phi) is 3.12. The molecule has 1 fully saturated rings. The monoisotopic (exact) mass is 269 g/mol. The minimum absolute atomic E-state index is 0.0637. The molecule has 1 heterocycles. The largest absolute Gasteiger partial charge is 0.330 e. The average molecular weight is 269 g/mol. The lowest BCUT2D eigenvalue weighted by atomic mass is 9.69. The second kappa shape index (κ2) is 4.54. The van der Waals surface area contributed by atoms with E-state index in [1.54, 1.807) is 0 Å². The number of rotatable bonds is 2. The molecule has 1 saturated carbocycles. The second-order valence-corrected chi connectivity index (χ2v) is 6.08. The number of aromatic amines is 1. The number of alkyl halides is 2. The van der Waals surface area contributed by atoms with Gasteiger partial charge >= 0.3 is 0 Å². The molecule has 0 saturated heterocycles. The Morgan fingerprint density at radius 2 is 1.79 bits per heavy atom. The van der Waals surface area contributed by atoms with E-state index in [2.05, 4.69) is 10.2 Å². The third kappa shape index (κ3) is 2.18. The van der Waals surface area contributed by atoms with Crippen LogP contribution in [0.3, 0.4) is 0 Å². The van der Waals surface area contributed by atoms with Crippen LogP contribution < -0.4 is 5.73 Å². The first-order valence-corrected chi connectivity index (χ1v) is 7.21. The first-order valence-electron chi connectivity index (χ1n) is 7.21. The summed E-state index contributed by atoms with van der Waals surface area (Å²) in [6.45, 7) is 0.417. The summed E-state index contributed by atoms with van der Waals surface area (Å²) in [5.41, 5.74) is 9.07. The molecule has 0 spiro atoms. The standard InChI is InChI=1S/C14H21F2N3/c15-14(16)7-5-13(9-17,6-8-14)12-10-3-1-2-4-11(10)18-19-12/h1-9,17H2,(H,18,19). The predicted molar refractivity (Wildman–Crippen MR) is 69.4 cm³/mol. The third-order valence-corrected chi connectivity index (χ3v) is 4.89. The van der Waals surface area contributed by atoms with Gasteiger partial charge in [0, 0.05) is 30.5 Å². The van der Waals surface area contributed by atoms with Crippen LogP contribution in [0.1, 0.15) is 55.5 Å². The van der Waals surface area contributed by atoms with E-state index in [9.17, 15) is 8.78 Å². The molecule has 5 heteroatoms. The van der Waals surface area contributed by atoms with Gasteiger partial charge in [-0.1, -0.05) is 0 Å². The van der Waals surface area contributed by atoms with Gasteiger partial charge in [-0.15, -0.1) is 0 Å². The SMILES string of the molecule is NCC1(c2n[nH]c3c2CCCC3)CCC(F)(F)CC1. The molecule has 0 atom stereocenters. The van der Waals surface area contributed by atoms with Crippen molar-refractivity contribution in [3.63, 3.8) is 0 Å². The quantitative estimate of drug-likeness (QED) is 0.867. The smallest absolute Gasteiger partial charge is 0.248 e. The molecule has 0 aliphatic heterocycles. The van der Waals surface area contributed by atoms with Crippen LogP contribution in [0.2, 0.25) is 0 Å². The molecule has 3 rings (SSSR count). The Morgan fingerprint density at radius 3 is 2.47 bits per heavy atom. The molecular formula is C14H21F2N3. The molecule has 0 radical (unpaired) electrons. The van der Waals surface area contributed by atoms with Gasteiger partial charge in [0.2, 0.25) is 5.92 Å². The van der Waals surface area contributed by atoms with Crippen LogP contribution in [0.25, 0.3) is 0 Å². The molecule has 3 N–H and O–H groups in total. The number of aromatic nitrogens is 2. The van der Waals surface area contributed by atoms with Gasteiger partial charge in [0.1, 0.15) is 0 Å². The second-order valence-electron chi connectivity index (χ2n) is 6.08. The highest BCUT2D eigenvalue weighted by Crippen LogP contribution is 2.46. The van der Waals surface area contributed by atoms with Gasteiger partial charge in [-0.25, -0.2) is 8.78 Å². The third-order valence-electron chi connectivity index (χ3n) is 4.89. The lowest BCUT2D eigenvalue weighted by molar-refractivity contribution is -0.0515. The van der Waals surface area contributed by atoms with Crippen LogP contribution in [0.5, 0.6) is 0 Å². The lowest BCUT2D eigenvalue weighted by Crippen LogP contribution is -2.43. The Hall–Kier alpha value is -0.970. The Balaban J connectivity index is 1.92. The molecule has 0 unspecified atom stereocenters. The van der Waals surface area contributed by atoms with Crippen LogP contribution in [-0.4, -0.2) is 22.7 Å². The van der Waals surface area contributed by atoms with E-state index in [1.165, 1.54) is 17.7 Å². The van der Waals surface area contributed by atoms with Crippen LogP contribution in [0.15, 0.2) is 0 Å². The van der Waals surface area contributed by atoms with Crippen LogP contribution >= 0.6 is 0 Å². The van der Waals surface area contributed by atoms with E-state index in [0.717, 1.165) is 25.0 Å². The van der Waals surface area contributed by atoms with E-state index >= 15 is 0 Å². The number of nitrogens with one attached hydrogen (secondary N) is 1. The van der Waals surface area contributed by atoms with E-state index in [4.69, 9.17) is 5.73 Å². The summed E-state index contributed by atoms with van der Waals surface area (Å²) in [5, 5.41) is 7.57. The number of nitrogens with zero attached hydrogens (tertiary/aromatic N) is 1. The predicted octanol–water partition coefficient (Wildman–Crippen LogP) is 2.69. The maximum absolute atomic E-state index is 13.4. The van der Waals surface area contributed by atoms with Crippen molar-refractivity contribution in [1.29, 1.82) is 0 Å². The summed E-state index contributed by atoms with van der Waals surface area (Å²) < 4.78 is 26.8. The van der Waals surface area contributed by atoms with Crippen molar-refractivity contribution in [3.8, 4) is 0 Å². The van der Waals surface area contributed by atoms with Gasteiger partial charge in [-0.05, 0) is 44.1 Å². The number of fused-ring (bicyclic) bond motifs is 1. The van der Waals surface area contributed by atoms with Gasteiger partial charge in [-0.3, -0.25) is 5.10 Å². The topological polar surface area (TPSA) is 54.7 Å². The van der Waals surface area contributed by atoms with E-state index in [1.807, 2.05) is 0 Å². The molecule has 0 bridgehead atoms. The maximum atomic E-state index is 13.4. The number of halogens is 2. The molecule has 0 aromatic carbocycles. The highest BCUT2D eigenvalue weighted by atomic mass is 19.3. The summed E-state index contributed by atoms with van der Waals surface area (Å²) in [6.07, 6.45) is 5.16. The molecule has 1 aromatic heterocycles. The zero-order valence-corrected chi connectivity index (χ0v) is 11.1. The van der Waals surface area contributed by atoms with Gasteiger partial charge in [0.25, 0.3) is 0 Å². The van der Waals surface area contributed by atoms with Crippen molar-refractivity contribution in [3.05, 3.63) is 17.0 Å². The van der Waals surface area contributed by atoms with Gasteiger partial charge in [0.05, 0.1) is 5.69 Å². The van der Waals surface area contributed by atoms with E-state index < -0.39 is 5.92 Å². The Labute approximate surface area is 112 Å². The number of H-pyrrole nitrogens is 1. The number of hydrogen-bond donors (Lipinski definition) is 2. The van der Waals surface area contributed by atoms with E-state index in [-0.39, 0.29) is 18.3 Å². The fourth-order valence-corrected chi connectivity index (χ4v) is 3.55. The average Bonchev–Trinajstić information content (AvgIpc) is 2.84. The Bertz CT molecular complexity index is 457. The maximum Gasteiger partial charge on any atom is 0.248 e. The molecule has 3 nitrogen and oxygen atoms in total. The van der Waals surface area contributed by atoms with Gasteiger partial charge < -0.3 is 5.73 Å². The number of hydrogen-bond acceptors (Lipinski definition) is 2. The van der Waals surface area contributed by atoms with Crippen molar-refractivity contribution >= 4 is 0 Å². The molecule has 19 heavy (non-hydrogen) atoms. The van der Waals surface area contributed by atoms with Crippen LogP contribution in [-0.2, 0) is 18.3 Å². The summed E-state index contributed by atoms with van der Waals surface area (Å²) in [6, 6.07) is 0. The molecule has 106 valence electrons. The van der Waals surface area contributed by atoms with Crippen molar-refractivity contribution < 1.29 is 8.78 Å². The zero-order valence-electron chi connectivity index (χ0n) is 11.1. The number of nitrogens with two attached hydrogens (primary N) is 1. The lowest BCUT2D eigenvalue weighted by Gasteiger charge is -2.39. The highest BCUT2D eigenvalue weighted by Gasteiger charge is 2.46. The fourth-order valence-electron chi connectivity index (χ4n) is 3.55. The molecule has 1 aromatic rings. The first-order chi connectivity index (χ1) is 9.06. The minimum Gasteiger partial charge on any atom is -0.330 e. The summed E-state index contributed by atoms with van der Waals surface area (Å²) in [7, 11) is 0. The molecule has 2 aliphatic carbocycles. The van der Waals surface area contributed by atoms with Crippen LogP contribution in [0.4, 0.5) is 8.78 Å². The minimum atomic E-state index is -2.52. The molecular weight excluding hydrogens is 248 g/mol. The highest BCUT2D eigenvalue weighted by molar-refractivity contribution is 5.34. The van der Waals surface area contributed by atoms with Crippen molar-refractivity contribution in [1.82, 2.24) is 10.2 Å². The van der Waals surface area contributed by atoms with E-state index in [0.29, 0.717) is 19.4 Å². The molecule has 2 aliphatic rings. The summed E-state index contributed by atoms with van der Waals surface area (Å²) >= 11 is 0. The van der Waals surface area contributed by atoms with Gasteiger partial charge in [0.15, 0.2) is 0 Å². The van der Waals surface area contributed by atoms with Crippen molar-refractivity contribution in [2.75, 3.05) is 6.54 Å². The van der Waals surface area contributed by atoms with Crippen molar-refractivity contribution in [2.24, 2.45) is 5.73 Å². The zero-order chi connectivity index (χ0) is 13.5. The Morgan fingerprint density at radius 1 is 1.11 bits per heavy atom. The first kappa shape index (κ1) is 13.0. The van der Waals surface area contributed by atoms with Crippen molar-refractivity contribution in [2.45, 2.75) is 62.7 Å². The van der Waals surface area contributed by atoms with Crippen LogP contribution in [0, 0.1) is 0 Å². The number of aryl methyl sites for hydroxylation is 1. The molecule has 0 amide bonds. The summed E-state index contributed by atoms with van der Waals surface area (Å²) in [5.74, 6) is -2.52.